The fourth-order valence-electron chi connectivity index (χ4n) is 2.66. The van der Waals surface area contributed by atoms with Crippen LogP contribution in [-0.4, -0.2) is 54.2 Å². The van der Waals surface area contributed by atoms with Gasteiger partial charge in [0.25, 0.3) is 0 Å². The molecule has 1 heterocycles. The Kier molecular flexibility index (Phi) is 3.25. The summed E-state index contributed by atoms with van der Waals surface area (Å²) in [6.07, 6.45) is 2.50. The molecule has 0 radical (unpaired) electrons. The van der Waals surface area contributed by atoms with Crippen molar-refractivity contribution in [1.29, 1.82) is 0 Å². The van der Waals surface area contributed by atoms with Gasteiger partial charge in [-0.25, -0.2) is 0 Å². The molecule has 96 valence electrons. The summed E-state index contributed by atoms with van der Waals surface area (Å²) in [5.74, 6) is 0.484. The van der Waals surface area contributed by atoms with Crippen molar-refractivity contribution in [3.63, 3.8) is 0 Å². The van der Waals surface area contributed by atoms with Crippen LogP contribution in [0.1, 0.15) is 26.7 Å². The van der Waals surface area contributed by atoms with Crippen LogP contribution in [-0.2, 0) is 9.59 Å². The number of hydrogen-bond donors (Lipinski definition) is 0. The number of carbonyl (C=O) groups excluding carboxylic acids is 2. The third-order valence-electron chi connectivity index (χ3n) is 4.34. The van der Waals surface area contributed by atoms with Crippen LogP contribution >= 0.6 is 0 Å². The van der Waals surface area contributed by atoms with E-state index >= 15 is 0 Å². The molecular weight excluding hydrogens is 216 g/mol. The Balaban J connectivity index is 1.91. The van der Waals surface area contributed by atoms with Gasteiger partial charge < -0.3 is 9.69 Å². The quantitative estimate of drug-likeness (QED) is 0.667. The molecule has 1 aliphatic heterocycles. The summed E-state index contributed by atoms with van der Waals surface area (Å²) in [5.41, 5.74) is 0.0573. The Labute approximate surface area is 103 Å². The zero-order valence-corrected chi connectivity index (χ0v) is 11.0. The minimum absolute atomic E-state index is 0.0573. The van der Waals surface area contributed by atoms with Gasteiger partial charge in [-0.3, -0.25) is 9.69 Å². The molecule has 0 aromatic carbocycles. The highest BCUT2D eigenvalue weighted by atomic mass is 16.2. The van der Waals surface area contributed by atoms with Gasteiger partial charge in [-0.1, -0.05) is 0 Å². The number of likely N-dealkylation sites (N-methyl/N-ethyl adjacent to an activating group) is 1. The molecule has 0 atom stereocenters. The van der Waals surface area contributed by atoms with Gasteiger partial charge in [0, 0.05) is 37.0 Å². The molecule has 1 saturated carbocycles. The maximum absolute atomic E-state index is 12.2. The second kappa shape index (κ2) is 4.41. The van der Waals surface area contributed by atoms with E-state index in [1.54, 1.807) is 0 Å². The minimum atomic E-state index is 0.0573. The van der Waals surface area contributed by atoms with Crippen LogP contribution in [0.25, 0.3) is 0 Å². The minimum Gasteiger partial charge on any atom is -0.339 e. The fourth-order valence-corrected chi connectivity index (χ4v) is 2.66. The smallest absolute Gasteiger partial charge is 0.225 e. The number of piperazine rings is 1. The van der Waals surface area contributed by atoms with Crippen LogP contribution in [0, 0.1) is 11.8 Å². The van der Waals surface area contributed by atoms with Gasteiger partial charge in [0.05, 0.1) is 0 Å². The average molecular weight is 238 g/mol. The summed E-state index contributed by atoms with van der Waals surface area (Å²) < 4.78 is 0. The lowest BCUT2D eigenvalue weighted by Gasteiger charge is -2.47. The molecule has 4 nitrogen and oxygen atoms in total. The van der Waals surface area contributed by atoms with E-state index in [0.717, 1.165) is 38.8 Å². The summed E-state index contributed by atoms with van der Waals surface area (Å²) >= 11 is 0. The lowest BCUT2D eigenvalue weighted by Crippen LogP contribution is -2.60. The third kappa shape index (κ3) is 2.37. The van der Waals surface area contributed by atoms with Gasteiger partial charge in [0.1, 0.15) is 6.29 Å². The van der Waals surface area contributed by atoms with Gasteiger partial charge in [-0.15, -0.1) is 0 Å². The molecule has 4 heteroatoms. The van der Waals surface area contributed by atoms with Crippen LogP contribution in [0.15, 0.2) is 0 Å². The van der Waals surface area contributed by atoms with E-state index in [1.807, 2.05) is 4.90 Å². The Bertz CT molecular complexity index is 321. The van der Waals surface area contributed by atoms with E-state index in [2.05, 4.69) is 25.8 Å². The molecule has 1 saturated heterocycles. The molecule has 0 unspecified atom stereocenters. The summed E-state index contributed by atoms with van der Waals surface area (Å²) in [4.78, 5) is 27.0. The van der Waals surface area contributed by atoms with Crippen LogP contribution in [0.3, 0.4) is 0 Å². The molecule has 0 bridgehead atoms. The van der Waals surface area contributed by atoms with Crippen molar-refractivity contribution in [3.05, 3.63) is 0 Å². The van der Waals surface area contributed by atoms with E-state index in [0.29, 0.717) is 0 Å². The van der Waals surface area contributed by atoms with E-state index < -0.39 is 0 Å². The molecular formula is C13H22N2O2. The second-order valence-electron chi connectivity index (χ2n) is 6.06. The van der Waals surface area contributed by atoms with Gasteiger partial charge in [0.2, 0.25) is 5.91 Å². The SMILES string of the molecule is CN1CCN(C(=O)C2CC(C=O)C2)CC1(C)C. The number of nitrogens with zero attached hydrogens (tertiary/aromatic N) is 2. The van der Waals surface area contributed by atoms with Crippen molar-refractivity contribution in [2.24, 2.45) is 11.8 Å². The van der Waals surface area contributed by atoms with E-state index in [4.69, 9.17) is 0 Å². The molecule has 2 fully saturated rings. The first-order valence-electron chi connectivity index (χ1n) is 6.39. The third-order valence-corrected chi connectivity index (χ3v) is 4.34. The topological polar surface area (TPSA) is 40.6 Å². The Hall–Kier alpha value is -0.900. The van der Waals surface area contributed by atoms with Gasteiger partial charge in [-0.2, -0.15) is 0 Å². The highest BCUT2D eigenvalue weighted by molar-refractivity contribution is 5.81. The molecule has 0 aromatic heterocycles. The molecule has 0 aromatic rings. The van der Waals surface area contributed by atoms with Gasteiger partial charge >= 0.3 is 0 Å². The standard InChI is InChI=1S/C13H22N2O2/c1-13(2)9-15(5-4-14(13)3)12(17)11-6-10(7-11)8-16/h8,10-11H,4-7,9H2,1-3H3. The highest BCUT2D eigenvalue weighted by Crippen LogP contribution is 2.34. The summed E-state index contributed by atoms with van der Waals surface area (Å²) in [5, 5.41) is 0. The first-order chi connectivity index (χ1) is 7.94. The number of amides is 1. The van der Waals surface area contributed by atoms with E-state index in [9.17, 15) is 9.59 Å². The molecule has 0 spiro atoms. The maximum Gasteiger partial charge on any atom is 0.225 e. The van der Waals surface area contributed by atoms with Gasteiger partial charge in [-0.05, 0) is 33.7 Å². The predicted molar refractivity (Wildman–Crippen MR) is 65.6 cm³/mol. The van der Waals surface area contributed by atoms with Crippen LogP contribution in [0.5, 0.6) is 0 Å². The Morgan fingerprint density at radius 2 is 1.94 bits per heavy atom. The monoisotopic (exact) mass is 238 g/mol. The number of rotatable bonds is 2. The molecule has 1 amide bonds. The Morgan fingerprint density at radius 1 is 1.29 bits per heavy atom. The van der Waals surface area contributed by atoms with Crippen LogP contribution in [0.4, 0.5) is 0 Å². The van der Waals surface area contributed by atoms with E-state index in [-0.39, 0.29) is 23.3 Å². The predicted octanol–water partition coefficient (Wildman–Crippen LogP) is 0.764. The van der Waals surface area contributed by atoms with E-state index in [1.165, 1.54) is 0 Å². The molecule has 2 rings (SSSR count). The Morgan fingerprint density at radius 3 is 2.47 bits per heavy atom. The van der Waals surface area contributed by atoms with Crippen molar-refractivity contribution < 1.29 is 9.59 Å². The van der Waals surface area contributed by atoms with Crippen LogP contribution in [0.2, 0.25) is 0 Å². The first-order valence-corrected chi connectivity index (χ1v) is 6.39. The molecule has 0 N–H and O–H groups in total. The lowest BCUT2D eigenvalue weighted by molar-refractivity contribution is -0.145. The number of aldehydes is 1. The zero-order chi connectivity index (χ0) is 12.6. The molecule has 2 aliphatic rings. The maximum atomic E-state index is 12.2. The van der Waals surface area contributed by atoms with Crippen molar-refractivity contribution >= 4 is 12.2 Å². The second-order valence-corrected chi connectivity index (χ2v) is 6.06. The van der Waals surface area contributed by atoms with Gasteiger partial charge in [0.15, 0.2) is 0 Å². The summed E-state index contributed by atoms with van der Waals surface area (Å²) in [6.45, 7) is 6.89. The molecule has 1 aliphatic carbocycles. The van der Waals surface area contributed by atoms with Crippen molar-refractivity contribution in [1.82, 2.24) is 9.80 Å². The summed E-state index contributed by atoms with van der Waals surface area (Å²) in [6, 6.07) is 0. The molecule has 17 heavy (non-hydrogen) atoms. The highest BCUT2D eigenvalue weighted by Gasteiger charge is 2.40. The lowest BCUT2D eigenvalue weighted by atomic mass is 9.75. The van der Waals surface area contributed by atoms with Crippen molar-refractivity contribution in [2.45, 2.75) is 32.2 Å². The fraction of sp³-hybridized carbons (Fsp3) is 0.846. The zero-order valence-electron chi connectivity index (χ0n) is 11.0. The largest absolute Gasteiger partial charge is 0.339 e. The average Bonchev–Trinajstić information content (AvgIpc) is 2.20. The normalized spacial score (nSPS) is 33.0. The van der Waals surface area contributed by atoms with Crippen LogP contribution < -0.4 is 0 Å². The summed E-state index contributed by atoms with van der Waals surface area (Å²) in [7, 11) is 2.10. The number of carbonyl (C=O) groups is 2. The number of hydrogen-bond acceptors (Lipinski definition) is 3. The first kappa shape index (κ1) is 12.6. The van der Waals surface area contributed by atoms with Crippen molar-refractivity contribution in [2.75, 3.05) is 26.7 Å². The van der Waals surface area contributed by atoms with Crippen molar-refractivity contribution in [3.8, 4) is 0 Å².